The van der Waals surface area contributed by atoms with Crippen LogP contribution in [0.2, 0.25) is 0 Å². The Morgan fingerprint density at radius 1 is 0.818 bits per heavy atom. The van der Waals surface area contributed by atoms with Gasteiger partial charge in [0.25, 0.3) is 0 Å². The van der Waals surface area contributed by atoms with Crippen molar-refractivity contribution in [3.8, 4) is 0 Å². The van der Waals surface area contributed by atoms with Crippen LogP contribution in [0.3, 0.4) is 0 Å². The van der Waals surface area contributed by atoms with Crippen molar-refractivity contribution in [1.29, 1.82) is 0 Å². The zero-order valence-corrected chi connectivity index (χ0v) is 18.9. The van der Waals surface area contributed by atoms with Gasteiger partial charge in [-0.05, 0) is 5.56 Å². The molecule has 0 aromatic heterocycles. The summed E-state index contributed by atoms with van der Waals surface area (Å²) in [6.07, 6.45) is -2.41. The second-order valence-electron chi connectivity index (χ2n) is 7.21. The van der Waals surface area contributed by atoms with Crippen molar-refractivity contribution in [2.75, 3.05) is 13.2 Å². The van der Waals surface area contributed by atoms with Gasteiger partial charge >= 0.3 is 23.9 Å². The van der Waals surface area contributed by atoms with E-state index < -0.39 is 54.6 Å². The van der Waals surface area contributed by atoms with Gasteiger partial charge in [-0.1, -0.05) is 42.5 Å². The molecule has 0 radical (unpaired) electrons. The molecule has 1 aliphatic rings. The number of benzene rings is 1. The Kier molecular flexibility index (Phi) is 10.0. The van der Waals surface area contributed by atoms with E-state index in [1.165, 1.54) is 13.8 Å². The molecular formula is C23H28O10. The zero-order valence-electron chi connectivity index (χ0n) is 18.9. The number of esters is 4. The SMILES string of the molecule is CC(=O)OC[C@H]1O[C@H](OC/C=C/c2ccccc2)[C@H](OC(C)=O)[C@@H](OC(C)=O)[C@H]1OC(C)=O. The van der Waals surface area contributed by atoms with Gasteiger partial charge in [0.15, 0.2) is 24.6 Å². The van der Waals surface area contributed by atoms with Crippen LogP contribution in [0.15, 0.2) is 36.4 Å². The molecule has 0 aliphatic carbocycles. The van der Waals surface area contributed by atoms with Crippen molar-refractivity contribution in [3.63, 3.8) is 0 Å². The molecule has 0 unspecified atom stereocenters. The lowest BCUT2D eigenvalue weighted by molar-refractivity contribution is -0.305. The summed E-state index contributed by atoms with van der Waals surface area (Å²) >= 11 is 0. The molecule has 1 aromatic carbocycles. The van der Waals surface area contributed by atoms with E-state index in [2.05, 4.69) is 0 Å². The van der Waals surface area contributed by atoms with Crippen LogP contribution in [0.25, 0.3) is 6.08 Å². The molecule has 180 valence electrons. The Bertz CT molecular complexity index is 850. The van der Waals surface area contributed by atoms with Crippen LogP contribution in [0, 0.1) is 0 Å². The largest absolute Gasteiger partial charge is 0.463 e. The van der Waals surface area contributed by atoms with Gasteiger partial charge in [-0.15, -0.1) is 0 Å². The minimum absolute atomic E-state index is 0.0582. The van der Waals surface area contributed by atoms with E-state index in [1.807, 2.05) is 36.4 Å². The molecule has 2 rings (SSSR count). The van der Waals surface area contributed by atoms with Crippen LogP contribution in [-0.2, 0) is 47.6 Å². The van der Waals surface area contributed by atoms with Gasteiger partial charge in [-0.3, -0.25) is 19.2 Å². The van der Waals surface area contributed by atoms with E-state index in [-0.39, 0.29) is 13.2 Å². The highest BCUT2D eigenvalue weighted by Gasteiger charge is 2.52. The molecule has 10 nitrogen and oxygen atoms in total. The molecule has 1 saturated heterocycles. The fraction of sp³-hybridized carbons (Fsp3) is 0.478. The summed E-state index contributed by atoms with van der Waals surface area (Å²) in [6.45, 7) is 4.44. The van der Waals surface area contributed by atoms with Gasteiger partial charge in [-0.25, -0.2) is 0 Å². The van der Waals surface area contributed by atoms with E-state index in [0.29, 0.717) is 0 Å². The van der Waals surface area contributed by atoms with Gasteiger partial charge in [0, 0.05) is 27.7 Å². The van der Waals surface area contributed by atoms with Crippen molar-refractivity contribution in [1.82, 2.24) is 0 Å². The monoisotopic (exact) mass is 464 g/mol. The second-order valence-corrected chi connectivity index (χ2v) is 7.21. The fourth-order valence-corrected chi connectivity index (χ4v) is 3.22. The minimum Gasteiger partial charge on any atom is -0.463 e. The van der Waals surface area contributed by atoms with Crippen molar-refractivity contribution >= 4 is 30.0 Å². The van der Waals surface area contributed by atoms with Gasteiger partial charge in [0.2, 0.25) is 0 Å². The molecule has 1 fully saturated rings. The molecule has 5 atom stereocenters. The van der Waals surface area contributed by atoms with Gasteiger partial charge < -0.3 is 28.4 Å². The molecule has 33 heavy (non-hydrogen) atoms. The molecule has 0 N–H and O–H groups in total. The maximum atomic E-state index is 11.8. The summed E-state index contributed by atoms with van der Waals surface area (Å²) in [4.78, 5) is 46.6. The summed E-state index contributed by atoms with van der Waals surface area (Å²) in [6, 6.07) is 9.49. The van der Waals surface area contributed by atoms with Crippen LogP contribution in [0.5, 0.6) is 0 Å². The lowest BCUT2D eigenvalue weighted by Crippen LogP contribution is -2.62. The Balaban J connectivity index is 2.28. The maximum absolute atomic E-state index is 11.8. The predicted molar refractivity (Wildman–Crippen MR) is 113 cm³/mol. The lowest BCUT2D eigenvalue weighted by Gasteiger charge is -2.43. The van der Waals surface area contributed by atoms with Crippen molar-refractivity contribution in [3.05, 3.63) is 42.0 Å². The Hall–Kier alpha value is -3.24. The van der Waals surface area contributed by atoms with Crippen LogP contribution in [-0.4, -0.2) is 67.8 Å². The predicted octanol–water partition coefficient (Wildman–Crippen LogP) is 1.80. The van der Waals surface area contributed by atoms with E-state index in [9.17, 15) is 19.2 Å². The van der Waals surface area contributed by atoms with E-state index >= 15 is 0 Å². The average Bonchev–Trinajstić information content (AvgIpc) is 2.73. The summed E-state index contributed by atoms with van der Waals surface area (Å²) in [7, 11) is 0. The first kappa shape index (κ1) is 26.0. The molecular weight excluding hydrogens is 436 g/mol. The molecule has 1 aliphatic heterocycles. The Labute approximate surface area is 191 Å². The van der Waals surface area contributed by atoms with Crippen LogP contribution >= 0.6 is 0 Å². The third-order valence-electron chi connectivity index (χ3n) is 4.41. The quantitative estimate of drug-likeness (QED) is 0.395. The third kappa shape index (κ3) is 8.66. The van der Waals surface area contributed by atoms with Crippen molar-refractivity contribution in [2.45, 2.75) is 58.4 Å². The smallest absolute Gasteiger partial charge is 0.303 e. The van der Waals surface area contributed by atoms with E-state index in [4.69, 9.17) is 28.4 Å². The topological polar surface area (TPSA) is 124 Å². The van der Waals surface area contributed by atoms with E-state index in [0.717, 1.165) is 19.4 Å². The number of hydrogen-bond donors (Lipinski definition) is 0. The van der Waals surface area contributed by atoms with Gasteiger partial charge in [0.05, 0.1) is 6.61 Å². The summed E-state index contributed by atoms with van der Waals surface area (Å²) in [5.74, 6) is -2.67. The van der Waals surface area contributed by atoms with E-state index in [1.54, 1.807) is 6.08 Å². The molecule has 0 spiro atoms. The summed E-state index contributed by atoms with van der Waals surface area (Å²) in [5.41, 5.74) is 0.947. The molecule has 10 heteroatoms. The van der Waals surface area contributed by atoms with Crippen LogP contribution in [0.4, 0.5) is 0 Å². The Morgan fingerprint density at radius 2 is 1.39 bits per heavy atom. The highest BCUT2D eigenvalue weighted by Crippen LogP contribution is 2.30. The van der Waals surface area contributed by atoms with Crippen molar-refractivity contribution in [2.24, 2.45) is 0 Å². The lowest BCUT2D eigenvalue weighted by atomic mass is 9.98. The molecule has 1 heterocycles. The highest BCUT2D eigenvalue weighted by atomic mass is 16.7. The fourth-order valence-electron chi connectivity index (χ4n) is 3.22. The maximum Gasteiger partial charge on any atom is 0.303 e. The number of carbonyl (C=O) groups is 4. The molecule has 1 aromatic rings. The number of hydrogen-bond acceptors (Lipinski definition) is 10. The highest BCUT2D eigenvalue weighted by molar-refractivity contribution is 5.68. The van der Waals surface area contributed by atoms with Gasteiger partial charge in [-0.2, -0.15) is 0 Å². The van der Waals surface area contributed by atoms with Crippen LogP contribution in [0.1, 0.15) is 33.3 Å². The molecule has 0 amide bonds. The van der Waals surface area contributed by atoms with Crippen LogP contribution < -0.4 is 0 Å². The molecule has 0 bridgehead atoms. The Morgan fingerprint density at radius 3 is 1.97 bits per heavy atom. The molecule has 0 saturated carbocycles. The van der Waals surface area contributed by atoms with Gasteiger partial charge in [0.1, 0.15) is 12.7 Å². The minimum atomic E-state index is -1.26. The number of carbonyl (C=O) groups excluding carboxylic acids is 4. The number of rotatable bonds is 9. The first-order valence-corrected chi connectivity index (χ1v) is 10.3. The summed E-state index contributed by atoms with van der Waals surface area (Å²) in [5, 5.41) is 0. The van der Waals surface area contributed by atoms with Crippen molar-refractivity contribution < 1.29 is 47.6 Å². The number of ether oxygens (including phenoxy) is 6. The second kappa shape index (κ2) is 12.7. The zero-order chi connectivity index (χ0) is 24.4. The summed E-state index contributed by atoms with van der Waals surface area (Å²) < 4.78 is 32.6. The average molecular weight is 464 g/mol. The normalized spacial score (nSPS) is 24.7. The first-order valence-electron chi connectivity index (χ1n) is 10.3. The first-order chi connectivity index (χ1) is 15.7. The standard InChI is InChI=1S/C23H28O10/c1-14(24)29-13-19-20(30-15(2)25)21(31-16(3)26)22(32-17(4)27)23(33-19)28-12-8-11-18-9-6-5-7-10-18/h5-11,19-23H,12-13H2,1-4H3/b11-8+/t19-,20+,21+,22-,23+/m1/s1. The third-order valence-corrected chi connectivity index (χ3v) is 4.41.